The molecule has 0 unspecified atom stereocenters. The number of phenolic OH excluding ortho intramolecular Hbond substituents is 2. The van der Waals surface area contributed by atoms with Crippen molar-refractivity contribution in [3.05, 3.63) is 47.5 Å². The summed E-state index contributed by atoms with van der Waals surface area (Å²) in [6.45, 7) is 5.61. The number of amides is 1. The van der Waals surface area contributed by atoms with Crippen molar-refractivity contribution in [2.75, 3.05) is 26.2 Å². The standard InChI is InChI=1S/C23H26N2O4/c1-2-24-23(28)21-20-17(5-3-12-25-13-4-14-25)18(27)10-11-19(20)29-22(21)15-6-8-16(26)9-7-15/h6-11,26-27H,2-5,12-14H2,1H3,(H,24,28). The van der Waals surface area contributed by atoms with Gasteiger partial charge in [0.1, 0.15) is 22.8 Å². The lowest BCUT2D eigenvalue weighted by atomic mass is 9.97. The number of hydrogen-bond acceptors (Lipinski definition) is 5. The van der Waals surface area contributed by atoms with E-state index in [0.29, 0.717) is 40.8 Å². The molecule has 29 heavy (non-hydrogen) atoms. The van der Waals surface area contributed by atoms with Crippen molar-refractivity contribution in [1.29, 1.82) is 0 Å². The van der Waals surface area contributed by atoms with E-state index in [1.807, 2.05) is 6.92 Å². The monoisotopic (exact) mass is 394 g/mol. The van der Waals surface area contributed by atoms with Gasteiger partial charge >= 0.3 is 0 Å². The number of nitrogens with zero attached hydrogens (tertiary/aromatic N) is 1. The molecule has 0 radical (unpaired) electrons. The summed E-state index contributed by atoms with van der Waals surface area (Å²) in [6.07, 6.45) is 2.82. The quantitative estimate of drug-likeness (QED) is 0.566. The smallest absolute Gasteiger partial charge is 0.255 e. The third-order valence-electron chi connectivity index (χ3n) is 5.48. The maximum Gasteiger partial charge on any atom is 0.255 e. The number of nitrogens with one attached hydrogen (secondary N) is 1. The van der Waals surface area contributed by atoms with Gasteiger partial charge in [0.2, 0.25) is 0 Å². The number of carbonyl (C=O) groups is 1. The van der Waals surface area contributed by atoms with Gasteiger partial charge in [-0.05, 0) is 82.2 Å². The van der Waals surface area contributed by atoms with Gasteiger partial charge in [-0.1, -0.05) is 0 Å². The first kappa shape index (κ1) is 19.3. The minimum Gasteiger partial charge on any atom is -0.508 e. The zero-order valence-electron chi connectivity index (χ0n) is 16.6. The largest absolute Gasteiger partial charge is 0.508 e. The number of likely N-dealkylation sites (tertiary alicyclic amines) is 1. The second-order valence-electron chi connectivity index (χ2n) is 7.45. The second-order valence-corrected chi connectivity index (χ2v) is 7.45. The van der Waals surface area contributed by atoms with Gasteiger partial charge in [0.05, 0.1) is 5.56 Å². The number of aromatic hydroxyl groups is 2. The Morgan fingerprint density at radius 3 is 2.55 bits per heavy atom. The first-order chi connectivity index (χ1) is 14.1. The van der Waals surface area contributed by atoms with Crippen molar-refractivity contribution in [1.82, 2.24) is 10.2 Å². The maximum atomic E-state index is 13.0. The van der Waals surface area contributed by atoms with E-state index in [9.17, 15) is 15.0 Å². The minimum atomic E-state index is -0.232. The zero-order chi connectivity index (χ0) is 20.4. The van der Waals surface area contributed by atoms with Crippen LogP contribution in [0.1, 0.15) is 35.7 Å². The fraction of sp³-hybridized carbons (Fsp3) is 0.348. The van der Waals surface area contributed by atoms with Crippen molar-refractivity contribution in [2.45, 2.75) is 26.2 Å². The van der Waals surface area contributed by atoms with E-state index in [0.717, 1.165) is 31.6 Å². The summed E-state index contributed by atoms with van der Waals surface area (Å²) in [4.78, 5) is 15.4. The highest BCUT2D eigenvalue weighted by Gasteiger charge is 2.25. The Morgan fingerprint density at radius 1 is 1.14 bits per heavy atom. The molecule has 0 aliphatic carbocycles. The fourth-order valence-electron chi connectivity index (χ4n) is 3.87. The zero-order valence-corrected chi connectivity index (χ0v) is 16.6. The molecule has 0 bridgehead atoms. The van der Waals surface area contributed by atoms with Crippen LogP contribution in [-0.2, 0) is 6.42 Å². The lowest BCUT2D eigenvalue weighted by Gasteiger charge is -2.30. The number of benzene rings is 2. The van der Waals surface area contributed by atoms with Gasteiger partial charge in [-0.3, -0.25) is 4.79 Å². The Bertz CT molecular complexity index is 1020. The van der Waals surface area contributed by atoms with Crippen LogP contribution in [-0.4, -0.2) is 47.2 Å². The Balaban J connectivity index is 1.80. The molecule has 1 fully saturated rings. The summed E-state index contributed by atoms with van der Waals surface area (Å²) in [5.41, 5.74) is 2.46. The van der Waals surface area contributed by atoms with Crippen LogP contribution in [0.2, 0.25) is 0 Å². The summed E-state index contributed by atoms with van der Waals surface area (Å²) >= 11 is 0. The number of rotatable bonds is 7. The average molecular weight is 394 g/mol. The molecule has 6 nitrogen and oxygen atoms in total. The number of carbonyl (C=O) groups excluding carboxylic acids is 1. The molecule has 0 spiro atoms. The fourth-order valence-corrected chi connectivity index (χ4v) is 3.87. The van der Waals surface area contributed by atoms with Crippen molar-refractivity contribution < 1.29 is 19.4 Å². The molecule has 3 aromatic rings. The molecular formula is C23H26N2O4. The molecule has 2 aromatic carbocycles. The lowest BCUT2D eigenvalue weighted by molar-refractivity contribution is 0.0957. The van der Waals surface area contributed by atoms with Crippen LogP contribution in [0, 0.1) is 0 Å². The molecule has 1 aromatic heterocycles. The molecule has 1 saturated heterocycles. The van der Waals surface area contributed by atoms with Crippen LogP contribution < -0.4 is 5.32 Å². The Morgan fingerprint density at radius 2 is 1.90 bits per heavy atom. The molecule has 0 saturated carbocycles. The number of hydrogen-bond donors (Lipinski definition) is 3. The van der Waals surface area contributed by atoms with Gasteiger partial charge < -0.3 is 24.8 Å². The Labute approximate surface area is 169 Å². The molecule has 2 heterocycles. The molecule has 6 heteroatoms. The van der Waals surface area contributed by atoms with Gasteiger partial charge in [-0.2, -0.15) is 0 Å². The summed E-state index contributed by atoms with van der Waals surface area (Å²) in [5, 5.41) is 23.7. The predicted molar refractivity (Wildman–Crippen MR) is 112 cm³/mol. The number of phenols is 2. The molecule has 4 rings (SSSR count). The highest BCUT2D eigenvalue weighted by Crippen LogP contribution is 2.39. The van der Waals surface area contributed by atoms with Crippen molar-refractivity contribution >= 4 is 16.9 Å². The normalized spacial score (nSPS) is 14.1. The summed E-state index contributed by atoms with van der Waals surface area (Å²) < 4.78 is 6.08. The van der Waals surface area contributed by atoms with Gasteiger partial charge in [0.15, 0.2) is 0 Å². The van der Waals surface area contributed by atoms with Gasteiger partial charge in [-0.15, -0.1) is 0 Å². The number of aryl methyl sites for hydroxylation is 1. The molecule has 0 atom stereocenters. The Hall–Kier alpha value is -2.99. The van der Waals surface area contributed by atoms with E-state index in [1.54, 1.807) is 36.4 Å². The summed E-state index contributed by atoms with van der Waals surface area (Å²) in [7, 11) is 0. The maximum absolute atomic E-state index is 13.0. The first-order valence-electron chi connectivity index (χ1n) is 10.2. The van der Waals surface area contributed by atoms with Gasteiger partial charge in [-0.25, -0.2) is 0 Å². The molecule has 3 N–H and O–H groups in total. The van der Waals surface area contributed by atoms with Crippen LogP contribution in [0.5, 0.6) is 11.5 Å². The highest BCUT2D eigenvalue weighted by atomic mass is 16.3. The van der Waals surface area contributed by atoms with Crippen LogP contribution in [0.25, 0.3) is 22.3 Å². The first-order valence-corrected chi connectivity index (χ1v) is 10.2. The third-order valence-corrected chi connectivity index (χ3v) is 5.48. The Kier molecular flexibility index (Phi) is 5.45. The average Bonchev–Trinajstić information content (AvgIpc) is 3.05. The van der Waals surface area contributed by atoms with Crippen LogP contribution in [0.15, 0.2) is 40.8 Å². The number of fused-ring (bicyclic) bond motifs is 1. The van der Waals surface area contributed by atoms with Crippen molar-refractivity contribution in [3.8, 4) is 22.8 Å². The minimum absolute atomic E-state index is 0.147. The summed E-state index contributed by atoms with van der Waals surface area (Å²) in [6, 6.07) is 9.91. The van der Waals surface area contributed by atoms with E-state index in [1.165, 1.54) is 6.42 Å². The van der Waals surface area contributed by atoms with Crippen LogP contribution in [0.3, 0.4) is 0 Å². The molecule has 1 aliphatic heterocycles. The van der Waals surface area contributed by atoms with E-state index in [4.69, 9.17) is 4.42 Å². The topological polar surface area (TPSA) is 85.9 Å². The van der Waals surface area contributed by atoms with E-state index < -0.39 is 0 Å². The molecule has 1 aliphatic rings. The van der Waals surface area contributed by atoms with E-state index >= 15 is 0 Å². The van der Waals surface area contributed by atoms with Crippen molar-refractivity contribution in [3.63, 3.8) is 0 Å². The molecular weight excluding hydrogens is 368 g/mol. The second kappa shape index (κ2) is 8.17. The number of furan rings is 1. The van der Waals surface area contributed by atoms with Crippen molar-refractivity contribution in [2.24, 2.45) is 0 Å². The highest BCUT2D eigenvalue weighted by molar-refractivity contribution is 6.12. The van der Waals surface area contributed by atoms with Gasteiger partial charge in [0.25, 0.3) is 5.91 Å². The summed E-state index contributed by atoms with van der Waals surface area (Å²) in [5.74, 6) is 0.544. The molecule has 152 valence electrons. The van der Waals surface area contributed by atoms with Crippen LogP contribution >= 0.6 is 0 Å². The molecule has 1 amide bonds. The predicted octanol–water partition coefficient (Wildman–Crippen LogP) is 3.90. The van der Waals surface area contributed by atoms with Gasteiger partial charge in [0, 0.05) is 23.1 Å². The SMILES string of the molecule is CCNC(=O)c1c(-c2ccc(O)cc2)oc2ccc(O)c(CCCN3CCC3)c12. The van der Waals surface area contributed by atoms with Crippen LogP contribution in [0.4, 0.5) is 0 Å². The lowest BCUT2D eigenvalue weighted by Crippen LogP contribution is -2.37. The van der Waals surface area contributed by atoms with E-state index in [2.05, 4.69) is 10.2 Å². The van der Waals surface area contributed by atoms with E-state index in [-0.39, 0.29) is 17.4 Å². The third kappa shape index (κ3) is 3.80.